The Morgan fingerprint density at radius 3 is 2.24 bits per heavy atom. The van der Waals surface area contributed by atoms with Gasteiger partial charge in [-0.3, -0.25) is 14.4 Å². The van der Waals surface area contributed by atoms with E-state index >= 15 is 0 Å². The van der Waals surface area contributed by atoms with Crippen molar-refractivity contribution in [2.24, 2.45) is 5.92 Å². The first-order chi connectivity index (χ1) is 13.3. The highest BCUT2D eigenvalue weighted by atomic mass is 19.4. The van der Waals surface area contributed by atoms with Crippen LogP contribution in [0.1, 0.15) is 12.5 Å². The van der Waals surface area contributed by atoms with E-state index in [1.165, 1.54) is 6.92 Å². The number of benzene rings is 1. The molecule has 1 aliphatic heterocycles. The van der Waals surface area contributed by atoms with Crippen LogP contribution in [0.3, 0.4) is 0 Å². The second-order valence-corrected chi connectivity index (χ2v) is 5.88. The molecule has 1 aliphatic rings. The van der Waals surface area contributed by atoms with E-state index in [-0.39, 0.29) is 11.3 Å². The summed E-state index contributed by atoms with van der Waals surface area (Å²) in [5.74, 6) is -5.06. The Hall–Kier alpha value is -3.11. The fourth-order valence-electron chi connectivity index (χ4n) is 2.22. The van der Waals surface area contributed by atoms with E-state index in [9.17, 15) is 40.7 Å². The van der Waals surface area contributed by atoms with Gasteiger partial charge in [0.05, 0.1) is 0 Å². The van der Waals surface area contributed by atoms with Crippen molar-refractivity contribution in [1.82, 2.24) is 0 Å². The van der Waals surface area contributed by atoms with E-state index in [0.717, 1.165) is 42.5 Å². The Balaban J connectivity index is 2.06. The highest BCUT2D eigenvalue weighted by molar-refractivity contribution is 6.25. The van der Waals surface area contributed by atoms with Crippen molar-refractivity contribution >= 4 is 23.6 Å². The van der Waals surface area contributed by atoms with Crippen molar-refractivity contribution in [3.8, 4) is 5.75 Å². The molecule has 2 atom stereocenters. The third-order valence-corrected chi connectivity index (χ3v) is 3.57. The lowest BCUT2D eigenvalue weighted by atomic mass is 9.96. The number of hydrogen-bond donors (Lipinski definition) is 0. The van der Waals surface area contributed by atoms with Crippen molar-refractivity contribution in [3.05, 3.63) is 47.7 Å². The molecule has 0 saturated heterocycles. The molecule has 156 valence electrons. The van der Waals surface area contributed by atoms with Crippen molar-refractivity contribution in [2.45, 2.75) is 25.4 Å². The molecule has 0 N–H and O–H groups in total. The fraction of sp³-hybridized carbons (Fsp3) is 0.278. The summed E-state index contributed by atoms with van der Waals surface area (Å²) in [7, 11) is 0. The first-order valence-electron chi connectivity index (χ1n) is 7.84. The van der Waals surface area contributed by atoms with Crippen LogP contribution in [0.4, 0.5) is 26.3 Å². The van der Waals surface area contributed by atoms with Crippen LogP contribution in [0.15, 0.2) is 42.2 Å². The van der Waals surface area contributed by atoms with Crippen molar-refractivity contribution in [3.63, 3.8) is 0 Å². The summed E-state index contributed by atoms with van der Waals surface area (Å²) < 4.78 is 83.9. The Labute approximate surface area is 159 Å². The van der Waals surface area contributed by atoms with Gasteiger partial charge in [-0.1, -0.05) is 18.2 Å². The lowest BCUT2D eigenvalue weighted by Gasteiger charge is -2.23. The van der Waals surface area contributed by atoms with Gasteiger partial charge in [0.15, 0.2) is 17.5 Å². The van der Waals surface area contributed by atoms with Crippen LogP contribution < -0.4 is 4.74 Å². The second-order valence-electron chi connectivity index (χ2n) is 5.88. The molecular formula is C18H12F6O5. The number of hydrogen-bond acceptors (Lipinski definition) is 5. The van der Waals surface area contributed by atoms with Crippen LogP contribution in [0.2, 0.25) is 0 Å². The van der Waals surface area contributed by atoms with Gasteiger partial charge in [-0.2, -0.15) is 22.0 Å². The van der Waals surface area contributed by atoms with Gasteiger partial charge >= 0.3 is 18.3 Å². The molecule has 1 aromatic carbocycles. The van der Waals surface area contributed by atoms with Crippen molar-refractivity contribution < 1.29 is 50.2 Å². The van der Waals surface area contributed by atoms with E-state index in [0.29, 0.717) is 0 Å². The van der Waals surface area contributed by atoms with Gasteiger partial charge in [0.1, 0.15) is 11.5 Å². The quantitative estimate of drug-likeness (QED) is 0.302. The van der Waals surface area contributed by atoms with Gasteiger partial charge in [-0.05, 0) is 30.7 Å². The van der Waals surface area contributed by atoms with Gasteiger partial charge in [-0.15, -0.1) is 0 Å². The lowest BCUT2D eigenvalue weighted by Crippen LogP contribution is -2.45. The normalized spacial score (nSPS) is 19.0. The van der Waals surface area contributed by atoms with Gasteiger partial charge in [-0.25, -0.2) is 4.39 Å². The summed E-state index contributed by atoms with van der Waals surface area (Å²) in [5.41, 5.74) is 0.199. The maximum atomic E-state index is 13.2. The molecular weight excluding hydrogens is 410 g/mol. The maximum absolute atomic E-state index is 13.2. The number of esters is 1. The number of cyclic esters (lactones) is 1. The van der Waals surface area contributed by atoms with Gasteiger partial charge < -0.3 is 9.47 Å². The molecule has 0 aromatic heterocycles. The van der Waals surface area contributed by atoms with Gasteiger partial charge in [0.25, 0.3) is 6.17 Å². The molecule has 0 aliphatic carbocycles. The highest BCUT2D eigenvalue weighted by Gasteiger charge is 2.59. The standard InChI is InChI=1S/C18H12F6O5/c1-9-8-13(26)14(15(27)28-9)12(25)7-4-10-2-5-11(6-3-10)29-18(23,24)16(19)17(20,21)22/h2-8,14,16H,1H3/b7-4+. The zero-order chi connectivity index (χ0) is 22.0. The highest BCUT2D eigenvalue weighted by Crippen LogP contribution is 2.36. The summed E-state index contributed by atoms with van der Waals surface area (Å²) in [5, 5.41) is 0. The molecule has 0 amide bonds. The van der Waals surface area contributed by atoms with Crippen LogP contribution in [-0.4, -0.2) is 36.0 Å². The average molecular weight is 422 g/mol. The molecule has 5 nitrogen and oxygen atoms in total. The number of allylic oxidation sites excluding steroid dienone is 3. The largest absolute Gasteiger partial charge is 0.439 e. The van der Waals surface area contributed by atoms with E-state index < -0.39 is 47.7 Å². The monoisotopic (exact) mass is 422 g/mol. The Bertz CT molecular complexity index is 870. The zero-order valence-electron chi connectivity index (χ0n) is 14.5. The van der Waals surface area contributed by atoms with E-state index in [1.54, 1.807) is 0 Å². The average Bonchev–Trinajstić information content (AvgIpc) is 2.58. The minimum Gasteiger partial charge on any atom is -0.430 e. The topological polar surface area (TPSA) is 69.7 Å². The number of ether oxygens (including phenoxy) is 2. The number of carbonyl (C=O) groups is 3. The third kappa shape index (κ3) is 5.46. The van der Waals surface area contributed by atoms with Crippen molar-refractivity contribution in [1.29, 1.82) is 0 Å². The molecule has 2 unspecified atom stereocenters. The number of alkyl halides is 6. The first kappa shape index (κ1) is 22.2. The third-order valence-electron chi connectivity index (χ3n) is 3.57. The maximum Gasteiger partial charge on any atom is 0.439 e. The minimum absolute atomic E-state index is 0.0430. The summed E-state index contributed by atoms with van der Waals surface area (Å²) in [6, 6.07) is 3.82. The number of halogens is 6. The molecule has 0 spiro atoms. The predicted molar refractivity (Wildman–Crippen MR) is 85.4 cm³/mol. The lowest BCUT2D eigenvalue weighted by molar-refractivity contribution is -0.305. The molecule has 0 fully saturated rings. The van der Waals surface area contributed by atoms with Crippen LogP contribution in [-0.2, 0) is 19.1 Å². The molecule has 1 heterocycles. The molecule has 0 bridgehead atoms. The van der Waals surface area contributed by atoms with Crippen LogP contribution in [0.5, 0.6) is 5.75 Å². The summed E-state index contributed by atoms with van der Waals surface area (Å²) >= 11 is 0. The predicted octanol–water partition coefficient (Wildman–Crippen LogP) is 3.79. The smallest absolute Gasteiger partial charge is 0.430 e. The molecule has 29 heavy (non-hydrogen) atoms. The van der Waals surface area contributed by atoms with E-state index in [4.69, 9.17) is 4.74 Å². The van der Waals surface area contributed by atoms with Crippen LogP contribution in [0.25, 0.3) is 6.08 Å². The first-order valence-corrected chi connectivity index (χ1v) is 7.84. The number of rotatable bonds is 6. The molecule has 0 saturated carbocycles. The van der Waals surface area contributed by atoms with E-state index in [1.807, 2.05) is 0 Å². The van der Waals surface area contributed by atoms with Crippen LogP contribution >= 0.6 is 0 Å². The van der Waals surface area contributed by atoms with Crippen LogP contribution in [0, 0.1) is 5.92 Å². The second kappa shape index (κ2) is 8.10. The van der Waals surface area contributed by atoms with E-state index in [2.05, 4.69) is 4.74 Å². The SMILES string of the molecule is CC1=CC(=O)C(C(=O)/C=C/c2ccc(OC(F)(F)C(F)C(F)(F)F)cc2)C(=O)O1. The minimum atomic E-state index is -5.81. The number of ketones is 2. The summed E-state index contributed by atoms with van der Waals surface area (Å²) in [6.45, 7) is 1.36. The van der Waals surface area contributed by atoms with Gasteiger partial charge in [0.2, 0.25) is 0 Å². The van der Waals surface area contributed by atoms with Gasteiger partial charge in [0, 0.05) is 6.08 Å². The summed E-state index contributed by atoms with van der Waals surface area (Å²) in [6.07, 6.45) is -12.5. The number of carbonyl (C=O) groups excluding carboxylic acids is 3. The Morgan fingerprint density at radius 2 is 1.72 bits per heavy atom. The Kier molecular flexibility index (Phi) is 6.19. The molecule has 11 heteroatoms. The fourth-order valence-corrected chi connectivity index (χ4v) is 2.22. The summed E-state index contributed by atoms with van der Waals surface area (Å²) in [4.78, 5) is 35.4. The van der Waals surface area contributed by atoms with Crippen molar-refractivity contribution in [2.75, 3.05) is 0 Å². The zero-order valence-corrected chi connectivity index (χ0v) is 14.5. The Morgan fingerprint density at radius 1 is 1.14 bits per heavy atom. The molecule has 1 aromatic rings. The molecule has 0 radical (unpaired) electrons. The molecule has 2 rings (SSSR count).